The molecule has 0 bridgehead atoms. The maximum atomic E-state index is 9.81. The highest BCUT2D eigenvalue weighted by molar-refractivity contribution is 4.79. The molecule has 0 rings (SSSR count). The van der Waals surface area contributed by atoms with Crippen molar-refractivity contribution in [2.45, 2.75) is 38.5 Å². The van der Waals surface area contributed by atoms with Crippen LogP contribution in [0.3, 0.4) is 0 Å². The lowest BCUT2D eigenvalue weighted by Gasteiger charge is -2.35. The van der Waals surface area contributed by atoms with Gasteiger partial charge in [-0.1, -0.05) is 0 Å². The first kappa shape index (κ1) is 16.8. The molecule has 0 radical (unpaired) electrons. The molecule has 5 heteroatoms. The van der Waals surface area contributed by atoms with Crippen LogP contribution in [-0.2, 0) is 9.47 Å². The lowest BCUT2D eigenvalue weighted by Crippen LogP contribution is -2.48. The maximum Gasteiger partial charge on any atom is 0.0900 e. The largest absolute Gasteiger partial charge is 0.394 e. The lowest BCUT2D eigenvalue weighted by molar-refractivity contribution is -0.0482. The summed E-state index contributed by atoms with van der Waals surface area (Å²) in [5.74, 6) is 0. The fourth-order valence-electron chi connectivity index (χ4n) is 1.29. The van der Waals surface area contributed by atoms with Gasteiger partial charge < -0.3 is 19.7 Å². The fourth-order valence-corrected chi connectivity index (χ4v) is 1.29. The lowest BCUT2D eigenvalue weighted by atomic mass is 10.0. The Morgan fingerprint density at radius 3 is 2.35 bits per heavy atom. The Kier molecular flexibility index (Phi) is 7.91. The summed E-state index contributed by atoms with van der Waals surface area (Å²) in [6.07, 6.45) is -0.587. The van der Waals surface area contributed by atoms with Gasteiger partial charge in [0.25, 0.3) is 0 Å². The fraction of sp³-hybridized carbons (Fsp3) is 1.00. The molecule has 0 aliphatic rings. The van der Waals surface area contributed by atoms with E-state index < -0.39 is 6.10 Å². The van der Waals surface area contributed by atoms with Crippen LogP contribution >= 0.6 is 0 Å². The Labute approximate surface area is 104 Å². The van der Waals surface area contributed by atoms with Crippen LogP contribution in [0.2, 0.25) is 0 Å². The molecule has 0 saturated heterocycles. The molecule has 2 atom stereocenters. The van der Waals surface area contributed by atoms with Gasteiger partial charge in [0, 0.05) is 19.2 Å². The molecule has 0 aliphatic carbocycles. The van der Waals surface area contributed by atoms with Crippen LogP contribution < -0.4 is 0 Å². The van der Waals surface area contributed by atoms with Crippen LogP contribution in [0.15, 0.2) is 0 Å². The van der Waals surface area contributed by atoms with Crippen molar-refractivity contribution in [1.29, 1.82) is 0 Å². The third-order valence-corrected chi connectivity index (χ3v) is 2.88. The molecule has 0 heterocycles. The van der Waals surface area contributed by atoms with Gasteiger partial charge in [0.15, 0.2) is 0 Å². The molecule has 0 saturated carbocycles. The summed E-state index contributed by atoms with van der Waals surface area (Å²) in [6.45, 7) is 7.06. The molecular formula is C12H27NO4. The second-order valence-electron chi connectivity index (χ2n) is 5.10. The molecule has 5 nitrogen and oxygen atoms in total. The molecule has 17 heavy (non-hydrogen) atoms. The Morgan fingerprint density at radius 1 is 1.29 bits per heavy atom. The first-order chi connectivity index (χ1) is 7.83. The summed E-state index contributed by atoms with van der Waals surface area (Å²) < 4.78 is 10.4. The van der Waals surface area contributed by atoms with E-state index in [1.54, 1.807) is 7.11 Å². The molecule has 2 unspecified atom stereocenters. The number of methoxy groups -OCH3 is 1. The highest BCUT2D eigenvalue weighted by Crippen LogP contribution is 2.11. The predicted molar refractivity (Wildman–Crippen MR) is 67.1 cm³/mol. The number of hydrogen-bond donors (Lipinski definition) is 2. The zero-order chi connectivity index (χ0) is 13.5. The molecular weight excluding hydrogens is 222 g/mol. The number of aliphatic hydroxyl groups excluding tert-OH is 2. The Balaban J connectivity index is 3.89. The van der Waals surface area contributed by atoms with Gasteiger partial charge in [-0.25, -0.2) is 0 Å². The minimum absolute atomic E-state index is 0.0224. The number of β-amino-alcohol motifs (C(OH)–C–C–N with tert-alkyl or cyclic N) is 1. The Hall–Kier alpha value is -0.200. The van der Waals surface area contributed by atoms with Crippen LogP contribution in [-0.4, -0.2) is 73.4 Å². The quantitative estimate of drug-likeness (QED) is 0.607. The third kappa shape index (κ3) is 6.95. The standard InChI is InChI=1S/C12H27NO4/c1-10(7-16-5)17-8-11(15)6-13(4)12(2,3)9-14/h10-11,14-15H,6-9H2,1-5H3. The first-order valence-electron chi connectivity index (χ1n) is 5.94. The molecule has 0 aromatic carbocycles. The van der Waals surface area contributed by atoms with Gasteiger partial charge in [-0.15, -0.1) is 0 Å². The van der Waals surface area contributed by atoms with E-state index in [0.717, 1.165) is 0 Å². The summed E-state index contributed by atoms with van der Waals surface area (Å²) in [4.78, 5) is 1.92. The monoisotopic (exact) mass is 249 g/mol. The van der Waals surface area contributed by atoms with Crippen molar-refractivity contribution in [1.82, 2.24) is 4.90 Å². The van der Waals surface area contributed by atoms with Crippen molar-refractivity contribution in [2.24, 2.45) is 0 Å². The van der Waals surface area contributed by atoms with E-state index in [-0.39, 0.29) is 24.9 Å². The first-order valence-corrected chi connectivity index (χ1v) is 5.94. The molecule has 0 aromatic heterocycles. The van der Waals surface area contributed by atoms with Crippen LogP contribution in [0.5, 0.6) is 0 Å². The van der Waals surface area contributed by atoms with Crippen molar-refractivity contribution >= 4 is 0 Å². The minimum Gasteiger partial charge on any atom is -0.394 e. The van der Waals surface area contributed by atoms with Crippen molar-refractivity contribution in [3.63, 3.8) is 0 Å². The van der Waals surface area contributed by atoms with Crippen molar-refractivity contribution in [3.8, 4) is 0 Å². The van der Waals surface area contributed by atoms with Gasteiger partial charge in [-0.2, -0.15) is 0 Å². The van der Waals surface area contributed by atoms with Gasteiger partial charge in [0.1, 0.15) is 0 Å². The second-order valence-corrected chi connectivity index (χ2v) is 5.10. The Morgan fingerprint density at radius 2 is 1.88 bits per heavy atom. The molecule has 0 fully saturated rings. The predicted octanol–water partition coefficient (Wildman–Crippen LogP) is 0.102. The van der Waals surface area contributed by atoms with E-state index in [0.29, 0.717) is 13.2 Å². The van der Waals surface area contributed by atoms with Crippen LogP contribution in [0.4, 0.5) is 0 Å². The van der Waals surface area contributed by atoms with Crippen molar-refractivity contribution in [3.05, 3.63) is 0 Å². The number of aliphatic hydroxyl groups is 2. The van der Waals surface area contributed by atoms with Gasteiger partial charge in [0.2, 0.25) is 0 Å². The Bertz CT molecular complexity index is 199. The number of nitrogens with zero attached hydrogens (tertiary/aromatic N) is 1. The van der Waals surface area contributed by atoms with E-state index in [1.165, 1.54) is 0 Å². The second kappa shape index (κ2) is 8.00. The van der Waals surface area contributed by atoms with Crippen molar-refractivity contribution in [2.75, 3.05) is 40.5 Å². The normalized spacial score (nSPS) is 16.2. The zero-order valence-electron chi connectivity index (χ0n) is 11.6. The van der Waals surface area contributed by atoms with E-state index in [4.69, 9.17) is 9.47 Å². The van der Waals surface area contributed by atoms with E-state index >= 15 is 0 Å². The van der Waals surface area contributed by atoms with Crippen LogP contribution in [0.25, 0.3) is 0 Å². The molecule has 0 amide bonds. The molecule has 0 aliphatic heterocycles. The van der Waals surface area contributed by atoms with Crippen LogP contribution in [0.1, 0.15) is 20.8 Å². The summed E-state index contributed by atoms with van der Waals surface area (Å²) in [5.41, 5.74) is -0.334. The smallest absolute Gasteiger partial charge is 0.0900 e. The molecule has 104 valence electrons. The average molecular weight is 249 g/mol. The van der Waals surface area contributed by atoms with Gasteiger partial charge in [-0.3, -0.25) is 4.90 Å². The van der Waals surface area contributed by atoms with Gasteiger partial charge in [0.05, 0.1) is 32.0 Å². The highest BCUT2D eigenvalue weighted by atomic mass is 16.5. The molecule has 0 aromatic rings. The summed E-state index contributed by atoms with van der Waals surface area (Å²) in [7, 11) is 3.49. The third-order valence-electron chi connectivity index (χ3n) is 2.88. The highest BCUT2D eigenvalue weighted by Gasteiger charge is 2.24. The van der Waals surface area contributed by atoms with Gasteiger partial charge in [-0.05, 0) is 27.8 Å². The van der Waals surface area contributed by atoms with E-state index in [1.807, 2.05) is 32.7 Å². The minimum atomic E-state index is -0.565. The molecule has 2 N–H and O–H groups in total. The number of rotatable bonds is 9. The van der Waals surface area contributed by atoms with E-state index in [9.17, 15) is 10.2 Å². The summed E-state index contributed by atoms with van der Waals surface area (Å²) in [6, 6.07) is 0. The maximum absolute atomic E-state index is 9.81. The van der Waals surface area contributed by atoms with E-state index in [2.05, 4.69) is 0 Å². The number of likely N-dealkylation sites (N-methyl/N-ethyl adjacent to an activating group) is 1. The molecule has 0 spiro atoms. The van der Waals surface area contributed by atoms with Crippen molar-refractivity contribution < 1.29 is 19.7 Å². The number of ether oxygens (including phenoxy) is 2. The number of hydrogen-bond acceptors (Lipinski definition) is 5. The van der Waals surface area contributed by atoms with Gasteiger partial charge >= 0.3 is 0 Å². The summed E-state index contributed by atoms with van der Waals surface area (Å²) >= 11 is 0. The SMILES string of the molecule is COCC(C)OCC(O)CN(C)C(C)(C)CO. The zero-order valence-corrected chi connectivity index (χ0v) is 11.6. The topological polar surface area (TPSA) is 62.2 Å². The summed E-state index contributed by atoms with van der Waals surface area (Å²) in [5, 5.41) is 19.0. The average Bonchev–Trinajstić information content (AvgIpc) is 2.26. The van der Waals surface area contributed by atoms with Crippen LogP contribution in [0, 0.1) is 0 Å².